The van der Waals surface area contributed by atoms with Crippen LogP contribution in [0, 0.1) is 11.3 Å². The highest BCUT2D eigenvalue weighted by atomic mass is 79.9. The lowest BCUT2D eigenvalue weighted by Crippen LogP contribution is -2.49. The number of carbonyl (C=O) groups excluding carboxylic acids is 1. The number of hydrogen-bond acceptors (Lipinski definition) is 4. The summed E-state index contributed by atoms with van der Waals surface area (Å²) in [6.45, 7) is 2.58. The highest BCUT2D eigenvalue weighted by Gasteiger charge is 2.24. The maximum Gasteiger partial charge on any atom is 0.253 e. The van der Waals surface area contributed by atoms with Crippen molar-refractivity contribution in [2.45, 2.75) is 0 Å². The second-order valence-corrected chi connectivity index (χ2v) is 6.20. The molecule has 3 rings (SSSR count). The van der Waals surface area contributed by atoms with E-state index in [9.17, 15) is 10.1 Å². The molecule has 1 aliphatic heterocycles. The molecule has 2 aromatic rings. The molecule has 1 fully saturated rings. The summed E-state index contributed by atoms with van der Waals surface area (Å²) < 4.78 is 0.788. The van der Waals surface area contributed by atoms with E-state index in [0.717, 1.165) is 4.47 Å². The Kier molecular flexibility index (Phi) is 4.58. The maximum atomic E-state index is 12.4. The van der Waals surface area contributed by atoms with Gasteiger partial charge >= 0.3 is 0 Å². The zero-order chi connectivity index (χ0) is 16.2. The molecule has 1 aliphatic rings. The van der Waals surface area contributed by atoms with Gasteiger partial charge in [0.05, 0.1) is 5.56 Å². The van der Waals surface area contributed by atoms with Crippen LogP contribution in [0.2, 0.25) is 0 Å². The fourth-order valence-electron chi connectivity index (χ4n) is 2.65. The Bertz CT molecular complexity index is 749. The molecule has 0 bridgehead atoms. The molecule has 1 aromatic carbocycles. The van der Waals surface area contributed by atoms with Crippen molar-refractivity contribution < 1.29 is 4.79 Å². The average Bonchev–Trinajstić information content (AvgIpc) is 2.62. The molecular formula is C17H15BrN4O. The van der Waals surface area contributed by atoms with Gasteiger partial charge in [0.1, 0.15) is 11.9 Å². The van der Waals surface area contributed by atoms with E-state index in [1.807, 2.05) is 35.2 Å². The summed E-state index contributed by atoms with van der Waals surface area (Å²) in [6.07, 6.45) is 1.69. The van der Waals surface area contributed by atoms with Crippen LogP contribution in [-0.4, -0.2) is 42.0 Å². The van der Waals surface area contributed by atoms with Gasteiger partial charge in [-0.15, -0.1) is 0 Å². The summed E-state index contributed by atoms with van der Waals surface area (Å²) in [4.78, 5) is 20.7. The molecule has 6 heteroatoms. The van der Waals surface area contributed by atoms with Crippen molar-refractivity contribution in [3.8, 4) is 6.07 Å². The molecule has 5 nitrogen and oxygen atoms in total. The second kappa shape index (κ2) is 6.80. The van der Waals surface area contributed by atoms with E-state index in [1.165, 1.54) is 0 Å². The molecule has 0 saturated carbocycles. The van der Waals surface area contributed by atoms with Crippen molar-refractivity contribution in [2.75, 3.05) is 31.1 Å². The maximum absolute atomic E-state index is 12.4. The van der Waals surface area contributed by atoms with Gasteiger partial charge in [-0.05, 0) is 34.1 Å². The van der Waals surface area contributed by atoms with E-state index in [-0.39, 0.29) is 5.91 Å². The number of pyridine rings is 1. The number of rotatable bonds is 2. The van der Waals surface area contributed by atoms with E-state index in [0.29, 0.717) is 43.1 Å². The van der Waals surface area contributed by atoms with Crippen molar-refractivity contribution in [3.05, 3.63) is 58.2 Å². The first-order valence-electron chi connectivity index (χ1n) is 7.34. The van der Waals surface area contributed by atoms with Gasteiger partial charge in [-0.1, -0.05) is 18.2 Å². The number of carbonyl (C=O) groups is 1. The fraction of sp³-hybridized carbons (Fsp3) is 0.235. The van der Waals surface area contributed by atoms with Crippen LogP contribution >= 0.6 is 15.9 Å². The first-order valence-corrected chi connectivity index (χ1v) is 8.13. The smallest absolute Gasteiger partial charge is 0.253 e. The van der Waals surface area contributed by atoms with Crippen LogP contribution in [0.4, 0.5) is 5.82 Å². The summed E-state index contributed by atoms with van der Waals surface area (Å²) in [7, 11) is 0. The number of hydrogen-bond donors (Lipinski definition) is 0. The number of halogens is 1. The van der Waals surface area contributed by atoms with Gasteiger partial charge < -0.3 is 9.80 Å². The SMILES string of the molecule is N#Cc1cc(Br)cnc1N1CCN(C(=O)c2ccccc2)CC1. The lowest BCUT2D eigenvalue weighted by molar-refractivity contribution is 0.0746. The fourth-order valence-corrected chi connectivity index (χ4v) is 2.98. The Labute approximate surface area is 143 Å². The summed E-state index contributed by atoms with van der Waals surface area (Å²) in [5, 5.41) is 9.26. The molecule has 0 unspecified atom stereocenters. The molecular weight excluding hydrogens is 356 g/mol. The Morgan fingerprint density at radius 3 is 2.52 bits per heavy atom. The quantitative estimate of drug-likeness (QED) is 0.815. The Morgan fingerprint density at radius 2 is 1.87 bits per heavy atom. The van der Waals surface area contributed by atoms with E-state index >= 15 is 0 Å². The van der Waals surface area contributed by atoms with Gasteiger partial charge in [0.15, 0.2) is 0 Å². The number of aromatic nitrogens is 1. The first kappa shape index (κ1) is 15.5. The molecule has 0 spiro atoms. The van der Waals surface area contributed by atoms with Crippen molar-refractivity contribution in [1.29, 1.82) is 5.26 Å². The average molecular weight is 371 g/mol. The Morgan fingerprint density at radius 1 is 1.17 bits per heavy atom. The minimum Gasteiger partial charge on any atom is -0.352 e. The van der Waals surface area contributed by atoms with Crippen LogP contribution in [0.25, 0.3) is 0 Å². The molecule has 0 atom stereocenters. The minimum atomic E-state index is 0.0505. The zero-order valence-corrected chi connectivity index (χ0v) is 14.0. The third-order valence-electron chi connectivity index (χ3n) is 3.84. The van der Waals surface area contributed by atoms with Crippen molar-refractivity contribution >= 4 is 27.7 Å². The number of nitriles is 1. The molecule has 1 saturated heterocycles. The largest absolute Gasteiger partial charge is 0.352 e. The summed E-state index contributed by atoms with van der Waals surface area (Å²) in [5.74, 6) is 0.733. The molecule has 2 heterocycles. The third-order valence-corrected chi connectivity index (χ3v) is 4.27. The molecule has 1 amide bonds. The summed E-state index contributed by atoms with van der Waals surface area (Å²) >= 11 is 3.33. The van der Waals surface area contributed by atoms with E-state index < -0.39 is 0 Å². The van der Waals surface area contributed by atoms with Crippen LogP contribution in [-0.2, 0) is 0 Å². The van der Waals surface area contributed by atoms with Gasteiger partial charge in [-0.25, -0.2) is 4.98 Å². The Balaban J connectivity index is 1.70. The van der Waals surface area contributed by atoms with Gasteiger partial charge in [-0.3, -0.25) is 4.79 Å². The standard InChI is InChI=1S/C17H15BrN4O/c18-15-10-14(11-19)16(20-12-15)21-6-8-22(9-7-21)17(23)13-4-2-1-3-5-13/h1-5,10,12H,6-9H2. The third kappa shape index (κ3) is 3.35. The first-order chi connectivity index (χ1) is 11.2. The number of amides is 1. The lowest BCUT2D eigenvalue weighted by Gasteiger charge is -2.35. The van der Waals surface area contributed by atoms with Crippen LogP contribution in [0.5, 0.6) is 0 Å². The summed E-state index contributed by atoms with van der Waals surface area (Å²) in [6, 6.07) is 13.2. The number of piperazine rings is 1. The van der Waals surface area contributed by atoms with Gasteiger partial charge in [0.2, 0.25) is 0 Å². The zero-order valence-electron chi connectivity index (χ0n) is 12.4. The van der Waals surface area contributed by atoms with Crippen LogP contribution in [0.15, 0.2) is 47.1 Å². The number of anilines is 1. The van der Waals surface area contributed by atoms with Gasteiger partial charge in [0, 0.05) is 42.4 Å². The second-order valence-electron chi connectivity index (χ2n) is 5.28. The van der Waals surface area contributed by atoms with Crippen LogP contribution in [0.3, 0.4) is 0 Å². The highest BCUT2D eigenvalue weighted by Crippen LogP contribution is 2.22. The molecule has 0 radical (unpaired) electrons. The predicted molar refractivity (Wildman–Crippen MR) is 91.2 cm³/mol. The van der Waals surface area contributed by atoms with Crippen molar-refractivity contribution in [3.63, 3.8) is 0 Å². The lowest BCUT2D eigenvalue weighted by atomic mass is 10.1. The molecule has 116 valence electrons. The highest BCUT2D eigenvalue weighted by molar-refractivity contribution is 9.10. The van der Waals surface area contributed by atoms with E-state index in [1.54, 1.807) is 12.3 Å². The molecule has 0 N–H and O–H groups in total. The number of benzene rings is 1. The van der Waals surface area contributed by atoms with E-state index in [2.05, 4.69) is 31.9 Å². The van der Waals surface area contributed by atoms with Gasteiger partial charge in [-0.2, -0.15) is 5.26 Å². The van der Waals surface area contributed by atoms with E-state index in [4.69, 9.17) is 0 Å². The topological polar surface area (TPSA) is 60.2 Å². The Hall–Kier alpha value is -2.39. The normalized spacial score (nSPS) is 14.4. The van der Waals surface area contributed by atoms with Crippen molar-refractivity contribution in [2.24, 2.45) is 0 Å². The van der Waals surface area contributed by atoms with Crippen molar-refractivity contribution in [1.82, 2.24) is 9.88 Å². The minimum absolute atomic E-state index is 0.0505. The van der Waals surface area contributed by atoms with Crippen LogP contribution in [0.1, 0.15) is 15.9 Å². The molecule has 1 aromatic heterocycles. The molecule has 23 heavy (non-hydrogen) atoms. The van der Waals surface area contributed by atoms with Crippen LogP contribution < -0.4 is 4.90 Å². The summed E-state index contributed by atoms with van der Waals surface area (Å²) in [5.41, 5.74) is 1.25. The molecule has 0 aliphatic carbocycles. The van der Waals surface area contributed by atoms with Gasteiger partial charge in [0.25, 0.3) is 5.91 Å². The number of nitrogens with zero attached hydrogens (tertiary/aromatic N) is 4. The monoisotopic (exact) mass is 370 g/mol. The predicted octanol–water partition coefficient (Wildman–Crippen LogP) is 2.68.